The summed E-state index contributed by atoms with van der Waals surface area (Å²) in [6.07, 6.45) is 3.07. The molecule has 1 fully saturated rings. The zero-order valence-electron chi connectivity index (χ0n) is 13.1. The quantitative estimate of drug-likeness (QED) is 0.812. The van der Waals surface area contributed by atoms with E-state index in [4.69, 9.17) is 5.73 Å². The Labute approximate surface area is 128 Å². The van der Waals surface area contributed by atoms with Crippen LogP contribution < -0.4 is 10.5 Å². The van der Waals surface area contributed by atoms with Gasteiger partial charge >= 0.3 is 0 Å². The molecule has 1 aromatic carbocycles. The molecular formula is C16H26N2O2S. The fourth-order valence-electron chi connectivity index (χ4n) is 2.75. The molecule has 0 aromatic heterocycles. The average Bonchev–Trinajstić information content (AvgIpc) is 3.25. The molecule has 0 aliphatic heterocycles. The van der Waals surface area contributed by atoms with Gasteiger partial charge < -0.3 is 5.73 Å². The SMILES string of the molecule is CCc1ccc(S(=O)(=O)NCC2(C(C)C)CC2)cc1CN. The van der Waals surface area contributed by atoms with Crippen LogP contribution in [-0.2, 0) is 23.0 Å². The lowest BCUT2D eigenvalue weighted by atomic mass is 9.93. The van der Waals surface area contributed by atoms with Gasteiger partial charge in [-0.2, -0.15) is 0 Å². The van der Waals surface area contributed by atoms with Crippen LogP contribution in [0.1, 0.15) is 44.7 Å². The van der Waals surface area contributed by atoms with Crippen molar-refractivity contribution in [3.8, 4) is 0 Å². The molecular weight excluding hydrogens is 284 g/mol. The predicted molar refractivity (Wildman–Crippen MR) is 85.4 cm³/mol. The molecule has 0 spiro atoms. The molecule has 2 rings (SSSR count). The van der Waals surface area contributed by atoms with E-state index in [2.05, 4.69) is 18.6 Å². The van der Waals surface area contributed by atoms with Gasteiger partial charge in [-0.15, -0.1) is 0 Å². The summed E-state index contributed by atoms with van der Waals surface area (Å²) in [4.78, 5) is 0.319. The largest absolute Gasteiger partial charge is 0.326 e. The highest BCUT2D eigenvalue weighted by Gasteiger charge is 2.45. The lowest BCUT2D eigenvalue weighted by Gasteiger charge is -2.20. The van der Waals surface area contributed by atoms with E-state index in [9.17, 15) is 8.42 Å². The van der Waals surface area contributed by atoms with Crippen molar-refractivity contribution in [2.45, 2.75) is 51.5 Å². The number of hydrogen-bond donors (Lipinski definition) is 2. The molecule has 0 atom stereocenters. The Balaban J connectivity index is 2.16. The Bertz CT molecular complexity index is 605. The van der Waals surface area contributed by atoms with Gasteiger partial charge in [0.05, 0.1) is 4.90 Å². The lowest BCUT2D eigenvalue weighted by Crippen LogP contribution is -2.32. The molecule has 5 heteroatoms. The summed E-state index contributed by atoms with van der Waals surface area (Å²) >= 11 is 0. The summed E-state index contributed by atoms with van der Waals surface area (Å²) in [5.41, 5.74) is 7.89. The molecule has 21 heavy (non-hydrogen) atoms. The number of nitrogens with one attached hydrogen (secondary N) is 1. The van der Waals surface area contributed by atoms with Gasteiger partial charge in [0.2, 0.25) is 10.0 Å². The van der Waals surface area contributed by atoms with E-state index < -0.39 is 10.0 Å². The lowest BCUT2D eigenvalue weighted by molar-refractivity contribution is 0.357. The molecule has 1 aliphatic rings. The van der Waals surface area contributed by atoms with E-state index in [1.165, 1.54) is 0 Å². The first-order valence-electron chi connectivity index (χ1n) is 7.66. The first-order valence-corrected chi connectivity index (χ1v) is 9.14. The van der Waals surface area contributed by atoms with Gasteiger partial charge in [0.15, 0.2) is 0 Å². The topological polar surface area (TPSA) is 72.2 Å². The minimum atomic E-state index is -3.45. The monoisotopic (exact) mass is 310 g/mol. The molecule has 0 saturated heterocycles. The highest BCUT2D eigenvalue weighted by molar-refractivity contribution is 7.89. The second kappa shape index (κ2) is 6.07. The van der Waals surface area contributed by atoms with Gasteiger partial charge in [-0.3, -0.25) is 0 Å². The predicted octanol–water partition coefficient (Wildman–Crippen LogP) is 2.42. The van der Waals surface area contributed by atoms with E-state index in [0.29, 0.717) is 23.9 Å². The first-order chi connectivity index (χ1) is 9.84. The first kappa shape index (κ1) is 16.5. The number of hydrogen-bond acceptors (Lipinski definition) is 3. The molecule has 0 unspecified atom stereocenters. The van der Waals surface area contributed by atoms with E-state index in [-0.39, 0.29) is 5.41 Å². The zero-order valence-corrected chi connectivity index (χ0v) is 14.0. The van der Waals surface area contributed by atoms with Gasteiger partial charge in [0.25, 0.3) is 0 Å². The molecule has 3 N–H and O–H groups in total. The van der Waals surface area contributed by atoms with Crippen LogP contribution in [0.5, 0.6) is 0 Å². The van der Waals surface area contributed by atoms with Crippen LogP contribution >= 0.6 is 0 Å². The van der Waals surface area contributed by atoms with Crippen molar-refractivity contribution in [1.29, 1.82) is 0 Å². The Hall–Kier alpha value is -0.910. The van der Waals surface area contributed by atoms with E-state index in [1.807, 2.05) is 13.0 Å². The summed E-state index contributed by atoms with van der Waals surface area (Å²) in [7, 11) is -3.45. The highest BCUT2D eigenvalue weighted by Crippen LogP contribution is 2.51. The third kappa shape index (κ3) is 3.47. The fourth-order valence-corrected chi connectivity index (χ4v) is 3.93. The van der Waals surface area contributed by atoms with Crippen LogP contribution in [0.15, 0.2) is 23.1 Å². The molecule has 0 bridgehead atoms. The van der Waals surface area contributed by atoms with Crippen LogP contribution in [0.3, 0.4) is 0 Å². The summed E-state index contributed by atoms with van der Waals surface area (Å²) in [6, 6.07) is 5.25. The summed E-state index contributed by atoms with van der Waals surface area (Å²) in [5, 5.41) is 0. The smallest absolute Gasteiger partial charge is 0.240 e. The second-order valence-electron chi connectivity index (χ2n) is 6.33. The normalized spacial score (nSPS) is 17.2. The molecule has 1 aliphatic carbocycles. The average molecular weight is 310 g/mol. The van der Waals surface area contributed by atoms with E-state index in [1.54, 1.807) is 12.1 Å². The molecule has 1 aromatic rings. The summed E-state index contributed by atoms with van der Waals surface area (Å²) < 4.78 is 27.7. The maximum Gasteiger partial charge on any atom is 0.240 e. The molecule has 4 nitrogen and oxygen atoms in total. The molecule has 1 saturated carbocycles. The van der Waals surface area contributed by atoms with Crippen molar-refractivity contribution in [3.05, 3.63) is 29.3 Å². The van der Waals surface area contributed by atoms with Crippen LogP contribution in [0.25, 0.3) is 0 Å². The Kier molecular flexibility index (Phi) is 4.76. The minimum absolute atomic E-state index is 0.160. The molecule has 0 radical (unpaired) electrons. The van der Waals surface area contributed by atoms with Crippen molar-refractivity contribution < 1.29 is 8.42 Å². The van der Waals surface area contributed by atoms with Crippen LogP contribution in [0.4, 0.5) is 0 Å². The number of benzene rings is 1. The van der Waals surface area contributed by atoms with Crippen molar-refractivity contribution in [2.24, 2.45) is 17.1 Å². The number of sulfonamides is 1. The van der Waals surface area contributed by atoms with E-state index >= 15 is 0 Å². The highest BCUT2D eigenvalue weighted by atomic mass is 32.2. The van der Waals surface area contributed by atoms with Crippen LogP contribution in [0.2, 0.25) is 0 Å². The van der Waals surface area contributed by atoms with Gasteiger partial charge in [0, 0.05) is 13.1 Å². The summed E-state index contributed by atoms with van der Waals surface area (Å²) in [5.74, 6) is 0.502. The van der Waals surface area contributed by atoms with Gasteiger partial charge in [-0.05, 0) is 53.9 Å². The van der Waals surface area contributed by atoms with Crippen molar-refractivity contribution in [3.63, 3.8) is 0 Å². The maximum atomic E-state index is 12.4. The van der Waals surface area contributed by atoms with Gasteiger partial charge in [0.1, 0.15) is 0 Å². The van der Waals surface area contributed by atoms with Crippen molar-refractivity contribution >= 4 is 10.0 Å². The van der Waals surface area contributed by atoms with E-state index in [0.717, 1.165) is 30.4 Å². The molecule has 0 amide bonds. The number of nitrogens with two attached hydrogens (primary N) is 1. The van der Waals surface area contributed by atoms with Crippen molar-refractivity contribution in [1.82, 2.24) is 4.72 Å². The Morgan fingerprint density at radius 1 is 1.29 bits per heavy atom. The number of aryl methyl sites for hydroxylation is 1. The minimum Gasteiger partial charge on any atom is -0.326 e. The van der Waals surface area contributed by atoms with Crippen molar-refractivity contribution in [2.75, 3.05) is 6.54 Å². The summed E-state index contributed by atoms with van der Waals surface area (Å²) in [6.45, 7) is 7.25. The second-order valence-corrected chi connectivity index (χ2v) is 8.10. The standard InChI is InChI=1S/C16H26N2O2S/c1-4-13-5-6-15(9-14(13)10-17)21(19,20)18-11-16(7-8-16)12(2)3/h5-6,9,12,18H,4,7-8,10-11,17H2,1-3H3. The molecule has 0 heterocycles. The zero-order chi connectivity index (χ0) is 15.7. The third-order valence-electron chi connectivity index (χ3n) is 4.82. The maximum absolute atomic E-state index is 12.4. The Morgan fingerprint density at radius 2 is 1.95 bits per heavy atom. The van der Waals surface area contributed by atoms with Gasteiger partial charge in [-0.25, -0.2) is 13.1 Å². The third-order valence-corrected chi connectivity index (χ3v) is 6.22. The number of rotatable bonds is 7. The fraction of sp³-hybridized carbons (Fsp3) is 0.625. The van der Waals surface area contributed by atoms with Crippen LogP contribution in [-0.4, -0.2) is 15.0 Å². The van der Waals surface area contributed by atoms with Gasteiger partial charge in [-0.1, -0.05) is 26.8 Å². The molecule has 118 valence electrons. The van der Waals surface area contributed by atoms with Crippen LogP contribution in [0, 0.1) is 11.3 Å². The Morgan fingerprint density at radius 3 is 2.43 bits per heavy atom.